The largest absolute Gasteiger partial charge is 0.487 e. The molecule has 2 N–H and O–H groups in total. The van der Waals surface area contributed by atoms with Crippen molar-refractivity contribution in [2.45, 2.75) is 39.7 Å². The molecule has 96 valence electrons. The normalized spacial score (nSPS) is 12.9. The molecular weight excluding hydrogens is 224 g/mol. The van der Waals surface area contributed by atoms with Crippen LogP contribution in [0.1, 0.15) is 23.6 Å². The van der Waals surface area contributed by atoms with Gasteiger partial charge in [-0.1, -0.05) is 12.1 Å². The van der Waals surface area contributed by atoms with Crippen LogP contribution in [-0.2, 0) is 6.42 Å². The Morgan fingerprint density at radius 3 is 2.18 bits per heavy atom. The Labute approximate surface area is 101 Å². The summed E-state index contributed by atoms with van der Waals surface area (Å²) in [6, 6.07) is 3.97. The monoisotopic (exact) mass is 243 g/mol. The van der Waals surface area contributed by atoms with Gasteiger partial charge in [0, 0.05) is 6.04 Å². The first kappa shape index (κ1) is 13.9. The summed E-state index contributed by atoms with van der Waals surface area (Å²) in [6.07, 6.45) is -1.67. The minimum Gasteiger partial charge on any atom is -0.487 e. The van der Waals surface area contributed by atoms with Crippen molar-refractivity contribution in [2.75, 3.05) is 6.61 Å². The summed E-state index contributed by atoms with van der Waals surface area (Å²) in [5.74, 6) is 0.554. The van der Waals surface area contributed by atoms with Gasteiger partial charge in [-0.25, -0.2) is 8.78 Å². The molecule has 0 saturated heterocycles. The Morgan fingerprint density at radius 2 is 1.76 bits per heavy atom. The first-order valence-electron chi connectivity index (χ1n) is 5.66. The fourth-order valence-corrected chi connectivity index (χ4v) is 1.90. The number of hydrogen-bond donors (Lipinski definition) is 1. The molecule has 0 aliphatic heterocycles. The second kappa shape index (κ2) is 5.96. The Balaban J connectivity index is 2.86. The molecule has 0 aliphatic rings. The van der Waals surface area contributed by atoms with Gasteiger partial charge in [0.25, 0.3) is 6.43 Å². The molecule has 0 amide bonds. The van der Waals surface area contributed by atoms with Crippen molar-refractivity contribution in [1.29, 1.82) is 0 Å². The van der Waals surface area contributed by atoms with Crippen LogP contribution in [0.5, 0.6) is 5.75 Å². The van der Waals surface area contributed by atoms with Crippen molar-refractivity contribution in [3.63, 3.8) is 0 Å². The van der Waals surface area contributed by atoms with Gasteiger partial charge < -0.3 is 10.5 Å². The number of hydrogen-bond acceptors (Lipinski definition) is 2. The van der Waals surface area contributed by atoms with Crippen LogP contribution in [0.2, 0.25) is 0 Å². The predicted octanol–water partition coefficient (Wildman–Crippen LogP) is 2.84. The van der Waals surface area contributed by atoms with Gasteiger partial charge in [0.2, 0.25) is 0 Å². The lowest BCUT2D eigenvalue weighted by atomic mass is 10.0. The van der Waals surface area contributed by atoms with E-state index >= 15 is 0 Å². The molecule has 1 aromatic rings. The van der Waals surface area contributed by atoms with E-state index in [4.69, 9.17) is 10.5 Å². The number of benzene rings is 1. The summed E-state index contributed by atoms with van der Waals surface area (Å²) < 4.78 is 29.3. The van der Waals surface area contributed by atoms with E-state index in [2.05, 4.69) is 0 Å². The maximum Gasteiger partial charge on any atom is 0.272 e. The molecule has 0 aromatic heterocycles. The molecule has 0 radical (unpaired) electrons. The molecule has 0 aliphatic carbocycles. The lowest BCUT2D eigenvalue weighted by Gasteiger charge is -2.14. The van der Waals surface area contributed by atoms with Crippen LogP contribution in [0.4, 0.5) is 8.78 Å². The highest BCUT2D eigenvalue weighted by Crippen LogP contribution is 2.25. The van der Waals surface area contributed by atoms with Gasteiger partial charge in [-0.15, -0.1) is 0 Å². The van der Waals surface area contributed by atoms with Gasteiger partial charge in [0.05, 0.1) is 0 Å². The second-order valence-corrected chi connectivity index (χ2v) is 4.44. The van der Waals surface area contributed by atoms with Crippen LogP contribution in [-0.4, -0.2) is 19.1 Å². The topological polar surface area (TPSA) is 35.2 Å². The van der Waals surface area contributed by atoms with Crippen molar-refractivity contribution < 1.29 is 13.5 Å². The third kappa shape index (κ3) is 4.30. The molecule has 1 aromatic carbocycles. The van der Waals surface area contributed by atoms with Gasteiger partial charge in [-0.3, -0.25) is 0 Å². The number of nitrogens with two attached hydrogens (primary N) is 1. The molecular formula is C13H19F2NO. The summed E-state index contributed by atoms with van der Waals surface area (Å²) in [5.41, 5.74) is 8.59. The average Bonchev–Trinajstić information content (AvgIpc) is 2.14. The van der Waals surface area contributed by atoms with Gasteiger partial charge in [-0.2, -0.15) is 0 Å². The third-order valence-corrected chi connectivity index (χ3v) is 2.43. The number of ether oxygens (including phenoxy) is 1. The third-order valence-electron chi connectivity index (χ3n) is 2.43. The fourth-order valence-electron chi connectivity index (χ4n) is 1.90. The molecule has 17 heavy (non-hydrogen) atoms. The van der Waals surface area contributed by atoms with Crippen LogP contribution < -0.4 is 10.5 Å². The standard InChI is InChI=1S/C13H19F2NO/c1-8-4-11(6-10(3)16)5-9(2)13(8)17-7-12(14)15/h4-5,10,12H,6-7,16H2,1-3H3. The molecule has 2 nitrogen and oxygen atoms in total. The molecule has 4 heteroatoms. The molecule has 0 heterocycles. The van der Waals surface area contributed by atoms with E-state index in [0.29, 0.717) is 5.75 Å². The average molecular weight is 243 g/mol. The molecule has 1 rings (SSSR count). The minimum absolute atomic E-state index is 0.0848. The van der Waals surface area contributed by atoms with Crippen LogP contribution in [0.15, 0.2) is 12.1 Å². The van der Waals surface area contributed by atoms with Crippen molar-refractivity contribution in [1.82, 2.24) is 0 Å². The summed E-state index contributed by atoms with van der Waals surface area (Å²) in [7, 11) is 0. The highest BCUT2D eigenvalue weighted by Gasteiger charge is 2.10. The summed E-state index contributed by atoms with van der Waals surface area (Å²) in [4.78, 5) is 0. The quantitative estimate of drug-likeness (QED) is 0.863. The number of aryl methyl sites for hydroxylation is 2. The van der Waals surface area contributed by atoms with E-state index in [1.54, 1.807) is 0 Å². The fraction of sp³-hybridized carbons (Fsp3) is 0.538. The summed E-state index contributed by atoms with van der Waals surface area (Å²) >= 11 is 0. The first-order chi connectivity index (χ1) is 7.90. The predicted molar refractivity (Wildman–Crippen MR) is 64.8 cm³/mol. The van der Waals surface area contributed by atoms with E-state index in [1.807, 2.05) is 32.9 Å². The SMILES string of the molecule is Cc1cc(CC(C)N)cc(C)c1OCC(F)F. The zero-order chi connectivity index (χ0) is 13.0. The number of halogens is 2. The summed E-state index contributed by atoms with van der Waals surface area (Å²) in [5, 5.41) is 0. The molecule has 0 fully saturated rings. The smallest absolute Gasteiger partial charge is 0.272 e. The van der Waals surface area contributed by atoms with E-state index in [-0.39, 0.29) is 6.04 Å². The van der Waals surface area contributed by atoms with Gasteiger partial charge >= 0.3 is 0 Å². The van der Waals surface area contributed by atoms with E-state index < -0.39 is 13.0 Å². The van der Waals surface area contributed by atoms with Crippen molar-refractivity contribution in [2.24, 2.45) is 5.73 Å². The molecule has 0 bridgehead atoms. The van der Waals surface area contributed by atoms with Crippen LogP contribution in [0, 0.1) is 13.8 Å². The molecule has 1 atom stereocenters. The lowest BCUT2D eigenvalue weighted by molar-refractivity contribution is 0.0812. The summed E-state index contributed by atoms with van der Waals surface area (Å²) in [6.45, 7) is 5.09. The van der Waals surface area contributed by atoms with Crippen molar-refractivity contribution in [3.8, 4) is 5.75 Å². The maximum absolute atomic E-state index is 12.1. The molecule has 1 unspecified atom stereocenters. The zero-order valence-electron chi connectivity index (χ0n) is 10.5. The van der Waals surface area contributed by atoms with Crippen molar-refractivity contribution >= 4 is 0 Å². The van der Waals surface area contributed by atoms with E-state index in [9.17, 15) is 8.78 Å². The number of rotatable bonds is 5. The van der Waals surface area contributed by atoms with Crippen LogP contribution >= 0.6 is 0 Å². The van der Waals surface area contributed by atoms with Gasteiger partial charge in [0.15, 0.2) is 0 Å². The second-order valence-electron chi connectivity index (χ2n) is 4.44. The van der Waals surface area contributed by atoms with Gasteiger partial charge in [0.1, 0.15) is 12.4 Å². The van der Waals surface area contributed by atoms with E-state index in [0.717, 1.165) is 23.1 Å². The Bertz CT molecular complexity index is 355. The highest BCUT2D eigenvalue weighted by atomic mass is 19.3. The maximum atomic E-state index is 12.1. The Kier molecular flexibility index (Phi) is 4.87. The first-order valence-corrected chi connectivity index (χ1v) is 5.66. The lowest BCUT2D eigenvalue weighted by Crippen LogP contribution is -2.18. The van der Waals surface area contributed by atoms with Gasteiger partial charge in [-0.05, 0) is 43.9 Å². The molecule has 0 spiro atoms. The highest BCUT2D eigenvalue weighted by molar-refractivity contribution is 5.43. The minimum atomic E-state index is -2.45. The van der Waals surface area contributed by atoms with Crippen LogP contribution in [0.25, 0.3) is 0 Å². The Hall–Kier alpha value is -1.16. The number of alkyl halides is 2. The zero-order valence-corrected chi connectivity index (χ0v) is 10.5. The molecule has 0 saturated carbocycles. The van der Waals surface area contributed by atoms with E-state index in [1.165, 1.54) is 0 Å². The Morgan fingerprint density at radius 1 is 1.24 bits per heavy atom. The van der Waals surface area contributed by atoms with Crippen LogP contribution in [0.3, 0.4) is 0 Å². The van der Waals surface area contributed by atoms with Crippen molar-refractivity contribution in [3.05, 3.63) is 28.8 Å².